The maximum absolute atomic E-state index is 11.0. The number of primary amides is 1. The molecule has 18 heavy (non-hydrogen) atoms. The van der Waals surface area contributed by atoms with Crippen molar-refractivity contribution in [3.63, 3.8) is 0 Å². The number of pyridine rings is 1. The van der Waals surface area contributed by atoms with Crippen LogP contribution in [0.25, 0.3) is 0 Å². The van der Waals surface area contributed by atoms with E-state index >= 15 is 0 Å². The lowest BCUT2D eigenvalue weighted by atomic mass is 10.2. The molecule has 1 amide bonds. The third-order valence-corrected chi connectivity index (χ3v) is 3.74. The minimum Gasteiger partial charge on any atom is -0.364 e. The molecule has 7 heteroatoms. The third kappa shape index (κ3) is 2.64. The van der Waals surface area contributed by atoms with Gasteiger partial charge in [0.2, 0.25) is 0 Å². The van der Waals surface area contributed by atoms with Gasteiger partial charge in [0.15, 0.2) is 0 Å². The second-order valence-corrected chi connectivity index (χ2v) is 5.23. The number of nitrogens with zero attached hydrogens (tertiary/aromatic N) is 2. The first-order valence-electron chi connectivity index (χ1n) is 5.56. The lowest BCUT2D eigenvalue weighted by molar-refractivity contribution is -0.275. The van der Waals surface area contributed by atoms with Crippen LogP contribution in [0.3, 0.4) is 0 Å². The van der Waals surface area contributed by atoms with Crippen LogP contribution >= 0.6 is 11.8 Å². The van der Waals surface area contributed by atoms with Gasteiger partial charge in [-0.3, -0.25) is 4.79 Å². The third-order valence-electron chi connectivity index (χ3n) is 2.80. The number of carbonyl (C=O) groups excluding carboxylic acids is 1. The molecule has 0 saturated carbocycles. The van der Waals surface area contributed by atoms with Crippen LogP contribution in [-0.2, 0) is 5.91 Å². The smallest absolute Gasteiger partial charge is 0.271 e. The molecule has 0 radical (unpaired) electrons. The summed E-state index contributed by atoms with van der Waals surface area (Å²) in [6, 6.07) is 4.43. The van der Waals surface area contributed by atoms with Crippen LogP contribution < -0.4 is 5.73 Å². The molecule has 2 rings (SSSR count). The van der Waals surface area contributed by atoms with E-state index in [1.54, 1.807) is 11.8 Å². The van der Waals surface area contributed by atoms with E-state index in [1.807, 2.05) is 0 Å². The van der Waals surface area contributed by atoms with Gasteiger partial charge in [0.1, 0.15) is 11.4 Å². The molecule has 1 fully saturated rings. The van der Waals surface area contributed by atoms with Crippen LogP contribution in [0.5, 0.6) is 0 Å². The monoisotopic (exact) mass is 269 g/mol. The minimum absolute atomic E-state index is 0.0192. The standard InChI is InChI=1S/C11H15N3O3S/c12-10(15)8-2-1-3-9(13-8)11(16,17)14-4-6-18-7-5-14/h1-3,16-17H,4-7H2,(H2,12,15). The summed E-state index contributed by atoms with van der Waals surface area (Å²) in [6.45, 7) is 1.11. The van der Waals surface area contributed by atoms with Gasteiger partial charge in [-0.05, 0) is 12.1 Å². The number of amides is 1. The number of rotatable bonds is 3. The second kappa shape index (κ2) is 5.23. The number of aliphatic hydroxyl groups is 2. The summed E-state index contributed by atoms with van der Waals surface area (Å²) < 4.78 is 0. The Morgan fingerprint density at radius 1 is 1.39 bits per heavy atom. The van der Waals surface area contributed by atoms with Gasteiger partial charge < -0.3 is 15.9 Å². The second-order valence-electron chi connectivity index (χ2n) is 4.01. The van der Waals surface area contributed by atoms with Crippen LogP contribution in [0.2, 0.25) is 0 Å². The number of hydrogen-bond acceptors (Lipinski definition) is 6. The van der Waals surface area contributed by atoms with Crippen molar-refractivity contribution in [2.75, 3.05) is 24.6 Å². The maximum atomic E-state index is 11.0. The van der Waals surface area contributed by atoms with Gasteiger partial charge in [0.05, 0.1) is 0 Å². The minimum atomic E-state index is -2.16. The summed E-state index contributed by atoms with van der Waals surface area (Å²) in [6.07, 6.45) is 0. The molecule has 1 aromatic heterocycles. The molecule has 98 valence electrons. The van der Waals surface area contributed by atoms with Gasteiger partial charge in [-0.1, -0.05) is 6.07 Å². The molecule has 0 aliphatic carbocycles. The normalized spacial score (nSPS) is 17.7. The van der Waals surface area contributed by atoms with Crippen molar-refractivity contribution in [1.29, 1.82) is 0 Å². The van der Waals surface area contributed by atoms with Crippen LogP contribution in [0.1, 0.15) is 16.2 Å². The number of carbonyl (C=O) groups is 1. The van der Waals surface area contributed by atoms with Crippen molar-refractivity contribution >= 4 is 17.7 Å². The SMILES string of the molecule is NC(=O)c1cccc(C(O)(O)N2CCSCC2)n1. The summed E-state index contributed by atoms with van der Waals surface area (Å²) in [7, 11) is 0. The molecular formula is C11H15N3O3S. The van der Waals surface area contributed by atoms with Gasteiger partial charge in [-0.25, -0.2) is 9.88 Å². The molecule has 1 aliphatic heterocycles. The first-order chi connectivity index (χ1) is 8.51. The zero-order chi connectivity index (χ0) is 13.2. The van der Waals surface area contributed by atoms with E-state index in [9.17, 15) is 15.0 Å². The number of hydrogen-bond donors (Lipinski definition) is 3. The average Bonchev–Trinajstić information content (AvgIpc) is 2.40. The lowest BCUT2D eigenvalue weighted by Crippen LogP contribution is -2.50. The summed E-state index contributed by atoms with van der Waals surface area (Å²) in [5.74, 6) is -1.19. The Balaban J connectivity index is 2.27. The molecule has 1 aromatic rings. The molecule has 4 N–H and O–H groups in total. The largest absolute Gasteiger partial charge is 0.364 e. The van der Waals surface area contributed by atoms with Gasteiger partial charge in [0.25, 0.3) is 11.8 Å². The first kappa shape index (κ1) is 13.3. The van der Waals surface area contributed by atoms with E-state index in [0.717, 1.165) is 11.5 Å². The Labute approximate surface area is 109 Å². The fourth-order valence-corrected chi connectivity index (χ4v) is 2.70. The highest BCUT2D eigenvalue weighted by molar-refractivity contribution is 7.99. The van der Waals surface area contributed by atoms with Gasteiger partial charge in [-0.2, -0.15) is 11.8 Å². The maximum Gasteiger partial charge on any atom is 0.271 e. The molecular weight excluding hydrogens is 254 g/mol. The van der Waals surface area contributed by atoms with E-state index in [1.165, 1.54) is 23.1 Å². The van der Waals surface area contributed by atoms with Crippen molar-refractivity contribution in [3.05, 3.63) is 29.6 Å². The summed E-state index contributed by atoms with van der Waals surface area (Å²) >= 11 is 1.76. The molecule has 0 bridgehead atoms. The zero-order valence-electron chi connectivity index (χ0n) is 9.74. The first-order valence-corrected chi connectivity index (χ1v) is 6.72. The number of nitrogens with two attached hydrogens (primary N) is 1. The predicted octanol–water partition coefficient (Wildman–Crippen LogP) is -0.676. The zero-order valence-corrected chi connectivity index (χ0v) is 10.6. The highest BCUT2D eigenvalue weighted by atomic mass is 32.2. The van der Waals surface area contributed by atoms with Crippen LogP contribution in [0, 0.1) is 0 Å². The molecule has 1 saturated heterocycles. The molecule has 0 unspecified atom stereocenters. The fraction of sp³-hybridized carbons (Fsp3) is 0.455. The van der Waals surface area contributed by atoms with Gasteiger partial charge in [0, 0.05) is 24.6 Å². The van der Waals surface area contributed by atoms with Crippen molar-refractivity contribution in [3.8, 4) is 0 Å². The van der Waals surface area contributed by atoms with Crippen LogP contribution in [0.15, 0.2) is 18.2 Å². The quantitative estimate of drug-likeness (QED) is 0.629. The molecule has 1 aliphatic rings. The van der Waals surface area contributed by atoms with Crippen molar-refractivity contribution in [1.82, 2.24) is 9.88 Å². The van der Waals surface area contributed by atoms with Gasteiger partial charge in [-0.15, -0.1) is 0 Å². The predicted molar refractivity (Wildman–Crippen MR) is 67.8 cm³/mol. The molecule has 0 atom stereocenters. The average molecular weight is 269 g/mol. The summed E-state index contributed by atoms with van der Waals surface area (Å²) in [5.41, 5.74) is 5.16. The fourth-order valence-electron chi connectivity index (χ4n) is 1.80. The summed E-state index contributed by atoms with van der Waals surface area (Å²) in [4.78, 5) is 16.5. The Kier molecular flexibility index (Phi) is 3.86. The van der Waals surface area contributed by atoms with Crippen LogP contribution in [0.4, 0.5) is 0 Å². The molecule has 0 aromatic carbocycles. The highest BCUT2D eigenvalue weighted by Crippen LogP contribution is 2.24. The Hall–Kier alpha value is -1.15. The van der Waals surface area contributed by atoms with E-state index in [4.69, 9.17) is 5.73 Å². The molecule has 2 heterocycles. The van der Waals surface area contributed by atoms with E-state index in [2.05, 4.69) is 4.98 Å². The number of thioether (sulfide) groups is 1. The number of aromatic nitrogens is 1. The lowest BCUT2D eigenvalue weighted by Gasteiger charge is -2.36. The Morgan fingerprint density at radius 3 is 2.67 bits per heavy atom. The highest BCUT2D eigenvalue weighted by Gasteiger charge is 2.36. The van der Waals surface area contributed by atoms with E-state index < -0.39 is 11.8 Å². The van der Waals surface area contributed by atoms with Crippen molar-refractivity contribution < 1.29 is 15.0 Å². The van der Waals surface area contributed by atoms with E-state index in [-0.39, 0.29) is 11.4 Å². The van der Waals surface area contributed by atoms with Crippen molar-refractivity contribution in [2.45, 2.75) is 5.91 Å². The summed E-state index contributed by atoms with van der Waals surface area (Å²) in [5, 5.41) is 20.3. The van der Waals surface area contributed by atoms with E-state index in [0.29, 0.717) is 13.1 Å². The van der Waals surface area contributed by atoms with Gasteiger partial charge >= 0.3 is 0 Å². The van der Waals surface area contributed by atoms with Crippen molar-refractivity contribution in [2.24, 2.45) is 5.73 Å². The Morgan fingerprint density at radius 2 is 2.06 bits per heavy atom. The molecule has 0 spiro atoms. The molecule has 6 nitrogen and oxygen atoms in total. The topological polar surface area (TPSA) is 99.7 Å². The van der Waals surface area contributed by atoms with Crippen LogP contribution in [-0.4, -0.2) is 50.6 Å². The Bertz CT molecular complexity index is 447.